The molecule has 65 heavy (non-hydrogen) atoms. The van der Waals surface area contributed by atoms with Gasteiger partial charge in [0.1, 0.15) is 29.3 Å². The maximum absolute atomic E-state index is 14.1. The number of anilines is 1. The Balaban J connectivity index is 0.927. The predicted molar refractivity (Wildman–Crippen MR) is 245 cm³/mol. The van der Waals surface area contributed by atoms with Gasteiger partial charge in [0, 0.05) is 35.3 Å². The summed E-state index contributed by atoms with van der Waals surface area (Å²) in [5.74, 6) is -0.709. The lowest BCUT2D eigenvalue weighted by atomic mass is 9.93. The second-order valence-electron chi connectivity index (χ2n) is 17.1. The second kappa shape index (κ2) is 19.7. The minimum absolute atomic E-state index is 0.112. The molecule has 0 aliphatic carbocycles. The molecule has 2 aliphatic rings. The van der Waals surface area contributed by atoms with E-state index in [1.807, 2.05) is 97.1 Å². The first-order chi connectivity index (χ1) is 31.4. The number of hydrogen-bond acceptors (Lipinski definition) is 9. The van der Waals surface area contributed by atoms with E-state index in [1.165, 1.54) is 0 Å². The highest BCUT2D eigenvalue weighted by atomic mass is 16.6. The number of nitrogens with zero attached hydrogens (tertiary/aromatic N) is 3. The van der Waals surface area contributed by atoms with Crippen LogP contribution in [-0.4, -0.2) is 80.9 Å². The minimum atomic E-state index is -0.917. The summed E-state index contributed by atoms with van der Waals surface area (Å²) in [4.78, 5) is 78.8. The fourth-order valence-electron chi connectivity index (χ4n) is 8.74. The number of amides is 4. The molecule has 0 saturated carbocycles. The van der Waals surface area contributed by atoms with Crippen molar-refractivity contribution < 1.29 is 37.9 Å². The molecule has 336 valence electrons. The van der Waals surface area contributed by atoms with Crippen molar-refractivity contribution in [3.63, 3.8) is 0 Å². The number of hydrogen-bond donors (Lipinski definition) is 3. The SMILES string of the molecule is CC(C)OC(=O)C[C@@H](C(=O)N1CCC[C@H]1C(=O)Nc1ccc(-c2cc3cc(-c4cnc([C@@H]5CCCN5C(=O)[C@H](NC(=O)OC(C)C)c5ccccc5)[nH]4)ccc3o2)cc1)c1ccccc1. The topological polar surface area (TPSA) is 176 Å². The third-order valence-electron chi connectivity index (χ3n) is 11.8. The van der Waals surface area contributed by atoms with Crippen LogP contribution in [0, 0.1) is 0 Å². The molecule has 0 spiro atoms. The molecule has 14 nitrogen and oxygen atoms in total. The van der Waals surface area contributed by atoms with E-state index in [9.17, 15) is 24.0 Å². The van der Waals surface area contributed by atoms with Crippen LogP contribution in [0.4, 0.5) is 10.5 Å². The molecule has 2 saturated heterocycles. The van der Waals surface area contributed by atoms with Gasteiger partial charge in [0.05, 0.1) is 42.5 Å². The molecule has 4 aromatic carbocycles. The van der Waals surface area contributed by atoms with Crippen LogP contribution in [-0.2, 0) is 28.7 Å². The first-order valence-corrected chi connectivity index (χ1v) is 22.3. The maximum Gasteiger partial charge on any atom is 0.408 e. The monoisotopic (exact) mass is 878 g/mol. The number of furan rings is 1. The molecule has 8 rings (SSSR count). The normalized spacial score (nSPS) is 17.0. The lowest BCUT2D eigenvalue weighted by molar-refractivity contribution is -0.150. The van der Waals surface area contributed by atoms with E-state index in [4.69, 9.17) is 18.9 Å². The third kappa shape index (κ3) is 10.3. The molecule has 2 aromatic heterocycles. The Morgan fingerprint density at radius 1 is 0.754 bits per heavy atom. The van der Waals surface area contributed by atoms with Crippen LogP contribution in [0.2, 0.25) is 0 Å². The number of ether oxygens (including phenoxy) is 2. The van der Waals surface area contributed by atoms with Crippen LogP contribution in [0.5, 0.6) is 0 Å². The average Bonchev–Trinajstić information content (AvgIpc) is 4.14. The smallest absolute Gasteiger partial charge is 0.408 e. The van der Waals surface area contributed by atoms with Gasteiger partial charge in [-0.3, -0.25) is 19.2 Å². The molecule has 0 bridgehead atoms. The number of carbonyl (C=O) groups excluding carboxylic acids is 5. The largest absolute Gasteiger partial charge is 0.463 e. The Morgan fingerprint density at radius 2 is 1.42 bits per heavy atom. The van der Waals surface area contributed by atoms with Crippen molar-refractivity contribution in [1.29, 1.82) is 0 Å². The molecule has 4 heterocycles. The third-order valence-corrected chi connectivity index (χ3v) is 11.8. The number of imidazole rings is 1. The summed E-state index contributed by atoms with van der Waals surface area (Å²) in [7, 11) is 0. The number of nitrogens with one attached hydrogen (secondary N) is 3. The van der Waals surface area contributed by atoms with E-state index in [0.29, 0.717) is 59.9 Å². The molecule has 14 heteroatoms. The van der Waals surface area contributed by atoms with Crippen molar-refractivity contribution in [2.75, 3.05) is 18.4 Å². The molecular formula is C51H54N6O8. The van der Waals surface area contributed by atoms with Gasteiger partial charge in [-0.25, -0.2) is 9.78 Å². The zero-order valence-electron chi connectivity index (χ0n) is 37.0. The highest BCUT2D eigenvalue weighted by molar-refractivity contribution is 5.99. The molecule has 4 atom stereocenters. The van der Waals surface area contributed by atoms with E-state index < -0.39 is 30.1 Å². The molecule has 2 aliphatic heterocycles. The van der Waals surface area contributed by atoms with Crippen molar-refractivity contribution in [2.45, 2.75) is 96.1 Å². The highest BCUT2D eigenvalue weighted by Gasteiger charge is 2.39. The van der Waals surface area contributed by atoms with Crippen LogP contribution in [0.3, 0.4) is 0 Å². The van der Waals surface area contributed by atoms with Crippen molar-refractivity contribution in [3.8, 4) is 22.6 Å². The Hall–Kier alpha value is -7.22. The number of rotatable bonds is 14. The molecule has 0 unspecified atom stereocenters. The predicted octanol–water partition coefficient (Wildman–Crippen LogP) is 9.08. The number of H-pyrrole nitrogens is 1. The van der Waals surface area contributed by atoms with Crippen LogP contribution < -0.4 is 10.6 Å². The summed E-state index contributed by atoms with van der Waals surface area (Å²) in [6, 6.07) is 31.6. The van der Waals surface area contributed by atoms with Crippen molar-refractivity contribution in [2.24, 2.45) is 0 Å². The molecule has 4 amide bonds. The van der Waals surface area contributed by atoms with Crippen LogP contribution >= 0.6 is 0 Å². The van der Waals surface area contributed by atoms with E-state index in [-0.39, 0.29) is 42.4 Å². The summed E-state index contributed by atoms with van der Waals surface area (Å²) < 4.78 is 17.0. The van der Waals surface area contributed by atoms with Gasteiger partial charge < -0.3 is 39.3 Å². The van der Waals surface area contributed by atoms with Crippen molar-refractivity contribution in [3.05, 3.63) is 132 Å². The molecular weight excluding hydrogens is 825 g/mol. The number of benzene rings is 4. The summed E-state index contributed by atoms with van der Waals surface area (Å²) in [5.41, 5.74) is 5.13. The quantitative estimate of drug-likeness (QED) is 0.0902. The van der Waals surface area contributed by atoms with Gasteiger partial charge in [-0.1, -0.05) is 60.7 Å². The molecule has 2 fully saturated rings. The Kier molecular flexibility index (Phi) is 13.4. The van der Waals surface area contributed by atoms with E-state index in [0.717, 1.165) is 35.0 Å². The first kappa shape index (κ1) is 44.4. The van der Waals surface area contributed by atoms with Gasteiger partial charge in [-0.05, 0) is 113 Å². The number of aromatic amines is 1. The van der Waals surface area contributed by atoms with Gasteiger partial charge >= 0.3 is 12.1 Å². The van der Waals surface area contributed by atoms with Gasteiger partial charge in [0.15, 0.2) is 0 Å². The lowest BCUT2D eigenvalue weighted by Crippen LogP contribution is -2.45. The van der Waals surface area contributed by atoms with E-state index in [1.54, 1.807) is 55.8 Å². The fraction of sp³-hybridized carbons (Fsp3) is 0.333. The summed E-state index contributed by atoms with van der Waals surface area (Å²) in [6.45, 7) is 8.00. The zero-order valence-corrected chi connectivity index (χ0v) is 37.0. The van der Waals surface area contributed by atoms with Crippen molar-refractivity contribution in [1.82, 2.24) is 25.1 Å². The van der Waals surface area contributed by atoms with Crippen LogP contribution in [0.15, 0.2) is 120 Å². The number of esters is 1. The van der Waals surface area contributed by atoms with Gasteiger partial charge in [0.2, 0.25) is 11.8 Å². The summed E-state index contributed by atoms with van der Waals surface area (Å²) in [5, 5.41) is 6.66. The van der Waals surface area contributed by atoms with Gasteiger partial charge in [-0.15, -0.1) is 0 Å². The molecule has 6 aromatic rings. The number of alkyl carbamates (subject to hydrolysis) is 1. The lowest BCUT2D eigenvalue weighted by Gasteiger charge is -2.28. The van der Waals surface area contributed by atoms with Gasteiger partial charge in [0.25, 0.3) is 5.91 Å². The fourth-order valence-corrected chi connectivity index (χ4v) is 8.74. The van der Waals surface area contributed by atoms with E-state index >= 15 is 0 Å². The summed E-state index contributed by atoms with van der Waals surface area (Å²) >= 11 is 0. The molecule has 3 N–H and O–H groups in total. The van der Waals surface area contributed by atoms with Crippen LogP contribution in [0.25, 0.3) is 33.6 Å². The number of carbonyl (C=O) groups is 5. The van der Waals surface area contributed by atoms with Gasteiger partial charge in [-0.2, -0.15) is 0 Å². The standard InChI is InChI=1S/C51H54N6O8/c1-31(2)63-45(58)29-39(33-13-7-5-8-14-33)49(60)57-26-12-18-42(57)48(59)53-38-22-19-34(20-23-38)44-28-37-27-36(21-24-43(37)65-44)40-30-52-47(54-40)41-17-11-25-56(41)50(61)46(35-15-9-6-10-16-35)55-51(62)64-32(3)4/h5-10,13-16,19-24,27-28,30-32,39,41-42,46H,11-12,17-18,25-26,29H2,1-4H3,(H,52,54)(H,53,59)(H,55,62)/t39-,41+,42+,46-/m1/s1. The van der Waals surface area contributed by atoms with Crippen LogP contribution in [0.1, 0.15) is 94.8 Å². The summed E-state index contributed by atoms with van der Waals surface area (Å²) in [6.07, 6.45) is 3.04. The Morgan fingerprint density at radius 3 is 2.12 bits per heavy atom. The van der Waals surface area contributed by atoms with Crippen molar-refractivity contribution >= 4 is 46.4 Å². The Bertz CT molecular complexity index is 2640. The van der Waals surface area contributed by atoms with E-state index in [2.05, 4.69) is 15.6 Å². The average molecular weight is 879 g/mol. The molecule has 0 radical (unpaired) electrons. The Labute approximate surface area is 377 Å². The zero-order chi connectivity index (χ0) is 45.6. The first-order valence-electron chi connectivity index (χ1n) is 22.3. The number of fused-ring (bicyclic) bond motifs is 1. The second-order valence-corrected chi connectivity index (χ2v) is 17.1. The highest BCUT2D eigenvalue weighted by Crippen LogP contribution is 2.36. The minimum Gasteiger partial charge on any atom is -0.463 e. The maximum atomic E-state index is 14.1. The number of likely N-dealkylation sites (tertiary alicyclic amines) is 2. The number of aromatic nitrogens is 2.